The van der Waals surface area contributed by atoms with Crippen LogP contribution in [0.2, 0.25) is 0 Å². The number of rotatable bonds is 3. The van der Waals surface area contributed by atoms with Gasteiger partial charge in [-0.2, -0.15) is 11.8 Å². The average Bonchev–Trinajstić information content (AvgIpc) is 2.36. The summed E-state index contributed by atoms with van der Waals surface area (Å²) in [5, 5.41) is 0. The largest absolute Gasteiger partial charge is 0.329 e. The number of hydrogen-bond donors (Lipinski definition) is 1. The van der Waals surface area contributed by atoms with E-state index in [1.165, 1.54) is 17.1 Å². The SMILES string of the molecule is NCC(c1ccc(Br)c(Br)c1)N1CCSCC1. The van der Waals surface area contributed by atoms with E-state index in [0.717, 1.165) is 22.0 Å². The molecule has 1 aliphatic rings. The molecule has 94 valence electrons. The lowest BCUT2D eigenvalue weighted by atomic mass is 10.1. The van der Waals surface area contributed by atoms with Gasteiger partial charge in [-0.1, -0.05) is 6.07 Å². The number of hydrogen-bond acceptors (Lipinski definition) is 3. The van der Waals surface area contributed by atoms with E-state index in [9.17, 15) is 0 Å². The van der Waals surface area contributed by atoms with Crippen molar-refractivity contribution < 1.29 is 0 Å². The van der Waals surface area contributed by atoms with Crippen LogP contribution in [0, 0.1) is 0 Å². The van der Waals surface area contributed by atoms with Gasteiger partial charge in [0.2, 0.25) is 0 Å². The van der Waals surface area contributed by atoms with Gasteiger partial charge in [-0.25, -0.2) is 0 Å². The van der Waals surface area contributed by atoms with Gasteiger partial charge in [0, 0.05) is 46.1 Å². The fourth-order valence-corrected chi connectivity index (χ4v) is 3.68. The Hall–Kier alpha value is 0.450. The van der Waals surface area contributed by atoms with Crippen LogP contribution >= 0.6 is 43.6 Å². The first kappa shape index (κ1) is 13.9. The highest BCUT2D eigenvalue weighted by molar-refractivity contribution is 9.13. The molecule has 1 aromatic rings. The summed E-state index contributed by atoms with van der Waals surface area (Å²) in [5.41, 5.74) is 7.25. The van der Waals surface area contributed by atoms with Crippen LogP contribution in [0.25, 0.3) is 0 Å². The van der Waals surface area contributed by atoms with E-state index in [0.29, 0.717) is 12.6 Å². The molecule has 1 aliphatic heterocycles. The summed E-state index contributed by atoms with van der Waals surface area (Å²) >= 11 is 9.09. The van der Waals surface area contributed by atoms with Gasteiger partial charge in [0.1, 0.15) is 0 Å². The maximum Gasteiger partial charge on any atom is 0.0471 e. The molecule has 0 saturated carbocycles. The van der Waals surface area contributed by atoms with E-state index >= 15 is 0 Å². The van der Waals surface area contributed by atoms with E-state index < -0.39 is 0 Å². The second-order valence-corrected chi connectivity index (χ2v) is 7.01. The Morgan fingerprint density at radius 3 is 2.53 bits per heavy atom. The number of nitrogens with two attached hydrogens (primary N) is 1. The predicted octanol–water partition coefficient (Wildman–Crippen LogP) is 3.26. The van der Waals surface area contributed by atoms with E-state index in [-0.39, 0.29) is 0 Å². The Morgan fingerprint density at radius 2 is 1.94 bits per heavy atom. The molecule has 1 unspecified atom stereocenters. The topological polar surface area (TPSA) is 29.3 Å². The molecule has 0 amide bonds. The Balaban J connectivity index is 2.18. The van der Waals surface area contributed by atoms with Crippen LogP contribution < -0.4 is 5.73 Å². The molecule has 2 rings (SSSR count). The highest BCUT2D eigenvalue weighted by Gasteiger charge is 2.21. The molecule has 1 fully saturated rings. The highest BCUT2D eigenvalue weighted by atomic mass is 79.9. The number of halogens is 2. The van der Waals surface area contributed by atoms with E-state index in [2.05, 4.69) is 55.0 Å². The third-order valence-electron chi connectivity index (χ3n) is 3.04. The summed E-state index contributed by atoms with van der Waals surface area (Å²) in [4.78, 5) is 2.49. The van der Waals surface area contributed by atoms with Crippen LogP contribution in [0.15, 0.2) is 27.1 Å². The van der Waals surface area contributed by atoms with E-state index in [4.69, 9.17) is 5.73 Å². The molecule has 1 atom stereocenters. The standard InChI is InChI=1S/C12H16Br2N2S/c13-10-2-1-9(7-11(10)14)12(8-15)16-3-5-17-6-4-16/h1-2,7,12H,3-6,8,15H2. The van der Waals surface area contributed by atoms with E-state index in [1.807, 2.05) is 11.8 Å². The second kappa shape index (κ2) is 6.57. The Labute approximate surface area is 124 Å². The summed E-state index contributed by atoms with van der Waals surface area (Å²) in [6.45, 7) is 2.96. The maximum absolute atomic E-state index is 5.95. The lowest BCUT2D eigenvalue weighted by molar-refractivity contribution is 0.223. The summed E-state index contributed by atoms with van der Waals surface area (Å²) in [6.07, 6.45) is 0. The normalized spacial score (nSPS) is 19.2. The predicted molar refractivity (Wildman–Crippen MR) is 82.5 cm³/mol. The lowest BCUT2D eigenvalue weighted by Gasteiger charge is -2.34. The number of nitrogens with zero attached hydrogens (tertiary/aromatic N) is 1. The van der Waals surface area contributed by atoms with Crippen LogP contribution in [0.3, 0.4) is 0 Å². The number of benzene rings is 1. The van der Waals surface area contributed by atoms with Crippen LogP contribution in [0.4, 0.5) is 0 Å². The monoisotopic (exact) mass is 378 g/mol. The van der Waals surface area contributed by atoms with Crippen molar-refractivity contribution in [1.82, 2.24) is 4.90 Å². The van der Waals surface area contributed by atoms with Crippen molar-refractivity contribution in [3.8, 4) is 0 Å². The van der Waals surface area contributed by atoms with Gasteiger partial charge in [0.15, 0.2) is 0 Å². The molecular formula is C12H16Br2N2S. The first-order valence-corrected chi connectivity index (χ1v) is 8.43. The summed E-state index contributed by atoms with van der Waals surface area (Å²) in [7, 11) is 0. The molecule has 0 spiro atoms. The zero-order valence-corrected chi connectivity index (χ0v) is 13.5. The van der Waals surface area contributed by atoms with Crippen LogP contribution in [-0.2, 0) is 0 Å². The smallest absolute Gasteiger partial charge is 0.0471 e. The van der Waals surface area contributed by atoms with Crippen molar-refractivity contribution in [2.75, 3.05) is 31.1 Å². The van der Waals surface area contributed by atoms with E-state index in [1.54, 1.807) is 0 Å². The van der Waals surface area contributed by atoms with Crippen molar-refractivity contribution >= 4 is 43.6 Å². The Morgan fingerprint density at radius 1 is 1.24 bits per heavy atom. The molecule has 0 aliphatic carbocycles. The van der Waals surface area contributed by atoms with Gasteiger partial charge in [-0.3, -0.25) is 4.90 Å². The summed E-state index contributed by atoms with van der Waals surface area (Å²) in [5.74, 6) is 2.43. The van der Waals surface area contributed by atoms with Crippen LogP contribution in [-0.4, -0.2) is 36.0 Å². The van der Waals surface area contributed by atoms with Crippen molar-refractivity contribution in [1.29, 1.82) is 0 Å². The highest BCUT2D eigenvalue weighted by Crippen LogP contribution is 2.29. The molecule has 17 heavy (non-hydrogen) atoms. The molecule has 1 heterocycles. The summed E-state index contributed by atoms with van der Waals surface area (Å²) < 4.78 is 2.19. The molecule has 0 radical (unpaired) electrons. The molecule has 1 saturated heterocycles. The average molecular weight is 380 g/mol. The zero-order chi connectivity index (χ0) is 12.3. The molecule has 2 N–H and O–H groups in total. The molecule has 2 nitrogen and oxygen atoms in total. The Bertz CT molecular complexity index is 381. The lowest BCUT2D eigenvalue weighted by Crippen LogP contribution is -2.39. The minimum absolute atomic E-state index is 0.347. The third-order valence-corrected chi connectivity index (χ3v) is 5.86. The molecule has 5 heteroatoms. The fraction of sp³-hybridized carbons (Fsp3) is 0.500. The van der Waals surface area contributed by atoms with Gasteiger partial charge < -0.3 is 5.73 Å². The van der Waals surface area contributed by atoms with Crippen LogP contribution in [0.5, 0.6) is 0 Å². The first-order valence-electron chi connectivity index (χ1n) is 5.69. The minimum atomic E-state index is 0.347. The Kier molecular flexibility index (Phi) is 5.36. The van der Waals surface area contributed by atoms with Crippen molar-refractivity contribution in [2.45, 2.75) is 6.04 Å². The molecule has 0 bridgehead atoms. The fourth-order valence-electron chi connectivity index (χ4n) is 2.10. The van der Waals surface area contributed by atoms with Gasteiger partial charge in [-0.15, -0.1) is 0 Å². The maximum atomic E-state index is 5.95. The van der Waals surface area contributed by atoms with Gasteiger partial charge in [0.05, 0.1) is 0 Å². The zero-order valence-electron chi connectivity index (χ0n) is 9.53. The first-order chi connectivity index (χ1) is 8.22. The van der Waals surface area contributed by atoms with Gasteiger partial charge >= 0.3 is 0 Å². The van der Waals surface area contributed by atoms with Gasteiger partial charge in [-0.05, 0) is 49.6 Å². The van der Waals surface area contributed by atoms with Crippen molar-refractivity contribution in [2.24, 2.45) is 5.73 Å². The summed E-state index contributed by atoms with van der Waals surface area (Å²) in [6, 6.07) is 6.76. The van der Waals surface area contributed by atoms with Crippen molar-refractivity contribution in [3.63, 3.8) is 0 Å². The minimum Gasteiger partial charge on any atom is -0.329 e. The van der Waals surface area contributed by atoms with Gasteiger partial charge in [0.25, 0.3) is 0 Å². The number of thioether (sulfide) groups is 1. The van der Waals surface area contributed by atoms with Crippen molar-refractivity contribution in [3.05, 3.63) is 32.7 Å². The quantitative estimate of drug-likeness (QED) is 0.873. The molecule has 0 aromatic heterocycles. The van der Waals surface area contributed by atoms with Crippen LogP contribution in [0.1, 0.15) is 11.6 Å². The third kappa shape index (κ3) is 3.47. The molecule has 1 aromatic carbocycles. The molecular weight excluding hydrogens is 364 g/mol. The second-order valence-electron chi connectivity index (χ2n) is 4.07.